The number of nitrogens with two attached hydrogens (primary N) is 1. The van der Waals surface area contributed by atoms with E-state index in [0.717, 1.165) is 12.0 Å². The molecule has 0 aromatic heterocycles. The van der Waals surface area contributed by atoms with Gasteiger partial charge in [-0.05, 0) is 50.5 Å². The second kappa shape index (κ2) is 8.90. The number of halogens is 1. The third kappa shape index (κ3) is 5.94. The first-order valence-corrected chi connectivity index (χ1v) is 7.73. The Morgan fingerprint density at radius 1 is 1.38 bits per heavy atom. The monoisotopic (exact) mass is 313 g/mol. The van der Waals surface area contributed by atoms with Crippen LogP contribution in [-0.2, 0) is 16.0 Å². The van der Waals surface area contributed by atoms with Crippen molar-refractivity contribution in [2.75, 3.05) is 6.61 Å². The number of carbonyl (C=O) groups excluding carboxylic acids is 1. The Morgan fingerprint density at radius 3 is 2.67 bits per heavy atom. The molecule has 1 aromatic carbocycles. The Kier molecular flexibility index (Phi) is 7.54. The topological polar surface area (TPSA) is 61.5 Å². The van der Waals surface area contributed by atoms with E-state index in [-0.39, 0.29) is 12.0 Å². The van der Waals surface area contributed by atoms with Crippen LogP contribution in [0.5, 0.6) is 5.75 Å². The van der Waals surface area contributed by atoms with Crippen LogP contribution >= 0.6 is 11.6 Å². The van der Waals surface area contributed by atoms with Crippen LogP contribution in [0.1, 0.15) is 39.2 Å². The molecule has 118 valence electrons. The highest BCUT2D eigenvalue weighted by molar-refractivity contribution is 6.30. The van der Waals surface area contributed by atoms with E-state index in [4.69, 9.17) is 26.8 Å². The molecule has 1 aromatic rings. The van der Waals surface area contributed by atoms with Crippen molar-refractivity contribution in [3.05, 3.63) is 28.8 Å². The maximum Gasteiger partial charge on any atom is 0.347 e. The average Bonchev–Trinajstić information content (AvgIpc) is 2.40. The van der Waals surface area contributed by atoms with Gasteiger partial charge >= 0.3 is 5.97 Å². The van der Waals surface area contributed by atoms with Gasteiger partial charge in [-0.15, -0.1) is 0 Å². The van der Waals surface area contributed by atoms with E-state index in [0.29, 0.717) is 30.2 Å². The molecule has 0 aliphatic rings. The zero-order valence-corrected chi connectivity index (χ0v) is 13.7. The van der Waals surface area contributed by atoms with Gasteiger partial charge in [-0.3, -0.25) is 0 Å². The first-order valence-electron chi connectivity index (χ1n) is 7.35. The zero-order chi connectivity index (χ0) is 15.8. The molecular formula is C16H24ClNO3. The molecule has 0 saturated carbocycles. The molecule has 0 radical (unpaired) electrons. The lowest BCUT2D eigenvalue weighted by Gasteiger charge is -2.20. The Morgan fingerprint density at radius 2 is 2.10 bits per heavy atom. The standard InChI is InChI=1S/C16H24ClNO3/c1-4-6-15(16(19)20-5-2)21-14-8-7-13(17)10-12(14)9-11(3)18/h7-8,10-11,15H,4-6,9,18H2,1-3H3. The summed E-state index contributed by atoms with van der Waals surface area (Å²) in [5.41, 5.74) is 6.76. The fraction of sp³-hybridized carbons (Fsp3) is 0.562. The highest BCUT2D eigenvalue weighted by atomic mass is 35.5. The largest absolute Gasteiger partial charge is 0.478 e. The van der Waals surface area contributed by atoms with Crippen molar-refractivity contribution < 1.29 is 14.3 Å². The molecule has 2 N–H and O–H groups in total. The van der Waals surface area contributed by atoms with E-state index >= 15 is 0 Å². The molecule has 2 unspecified atom stereocenters. The summed E-state index contributed by atoms with van der Waals surface area (Å²) < 4.78 is 10.9. The summed E-state index contributed by atoms with van der Waals surface area (Å²) in [5.74, 6) is 0.309. The maximum absolute atomic E-state index is 11.9. The first kappa shape index (κ1) is 17.8. The average molecular weight is 314 g/mol. The van der Waals surface area contributed by atoms with Crippen LogP contribution in [0.3, 0.4) is 0 Å². The van der Waals surface area contributed by atoms with Gasteiger partial charge in [-0.2, -0.15) is 0 Å². The van der Waals surface area contributed by atoms with Gasteiger partial charge in [0.25, 0.3) is 0 Å². The van der Waals surface area contributed by atoms with Gasteiger partial charge in [0.05, 0.1) is 6.61 Å². The molecule has 21 heavy (non-hydrogen) atoms. The number of esters is 1. The molecule has 0 heterocycles. The van der Waals surface area contributed by atoms with Crippen LogP contribution in [0, 0.1) is 0 Å². The summed E-state index contributed by atoms with van der Waals surface area (Å²) in [4.78, 5) is 11.9. The highest BCUT2D eigenvalue weighted by Gasteiger charge is 2.22. The molecule has 4 nitrogen and oxygen atoms in total. The fourth-order valence-corrected chi connectivity index (χ4v) is 2.24. The van der Waals surface area contributed by atoms with Crippen molar-refractivity contribution in [2.45, 2.75) is 52.2 Å². The second-order valence-electron chi connectivity index (χ2n) is 5.08. The Labute approximate surface area is 131 Å². The van der Waals surface area contributed by atoms with Crippen molar-refractivity contribution in [3.8, 4) is 5.75 Å². The number of carbonyl (C=O) groups is 1. The smallest absolute Gasteiger partial charge is 0.347 e. The van der Waals surface area contributed by atoms with Crippen LogP contribution in [0.25, 0.3) is 0 Å². The number of hydrogen-bond donors (Lipinski definition) is 1. The quantitative estimate of drug-likeness (QED) is 0.748. The maximum atomic E-state index is 11.9. The predicted molar refractivity (Wildman–Crippen MR) is 84.8 cm³/mol. The van der Waals surface area contributed by atoms with Gasteiger partial charge in [-0.25, -0.2) is 4.79 Å². The van der Waals surface area contributed by atoms with Crippen molar-refractivity contribution in [3.63, 3.8) is 0 Å². The Hall–Kier alpha value is -1.26. The number of hydrogen-bond acceptors (Lipinski definition) is 4. The van der Waals surface area contributed by atoms with Crippen LogP contribution in [0.4, 0.5) is 0 Å². The van der Waals surface area contributed by atoms with Crippen LogP contribution in [0.15, 0.2) is 18.2 Å². The second-order valence-corrected chi connectivity index (χ2v) is 5.52. The molecule has 0 aliphatic carbocycles. The van der Waals surface area contributed by atoms with Crippen molar-refractivity contribution in [2.24, 2.45) is 5.73 Å². The van der Waals surface area contributed by atoms with Crippen molar-refractivity contribution in [1.82, 2.24) is 0 Å². The lowest BCUT2D eigenvalue weighted by Crippen LogP contribution is -2.30. The summed E-state index contributed by atoms with van der Waals surface area (Å²) in [7, 11) is 0. The van der Waals surface area contributed by atoms with Gasteiger partial charge in [0, 0.05) is 11.1 Å². The summed E-state index contributed by atoms with van der Waals surface area (Å²) in [5, 5.41) is 0.626. The van der Waals surface area contributed by atoms with E-state index in [1.165, 1.54) is 0 Å². The number of ether oxygens (including phenoxy) is 2. The van der Waals surface area contributed by atoms with Crippen molar-refractivity contribution >= 4 is 17.6 Å². The molecule has 0 aliphatic heterocycles. The minimum atomic E-state index is -0.594. The van der Waals surface area contributed by atoms with Gasteiger partial charge in [0.2, 0.25) is 0 Å². The summed E-state index contributed by atoms with van der Waals surface area (Å²) in [6, 6.07) is 5.34. The summed E-state index contributed by atoms with van der Waals surface area (Å²) in [6.45, 7) is 6.04. The lowest BCUT2D eigenvalue weighted by atomic mass is 10.1. The van der Waals surface area contributed by atoms with E-state index in [1.54, 1.807) is 19.1 Å². The summed E-state index contributed by atoms with van der Waals surface area (Å²) in [6.07, 6.45) is 1.49. The minimum absolute atomic E-state index is 0.0157. The highest BCUT2D eigenvalue weighted by Crippen LogP contribution is 2.26. The molecule has 1 rings (SSSR count). The normalized spacial score (nSPS) is 13.6. The van der Waals surface area contributed by atoms with Crippen LogP contribution in [0.2, 0.25) is 5.02 Å². The molecule has 0 amide bonds. The minimum Gasteiger partial charge on any atom is -0.478 e. The van der Waals surface area contributed by atoms with Gasteiger partial charge < -0.3 is 15.2 Å². The number of rotatable bonds is 8. The first-order chi connectivity index (χ1) is 9.97. The van der Waals surface area contributed by atoms with E-state index in [9.17, 15) is 4.79 Å². The third-order valence-electron chi connectivity index (χ3n) is 2.93. The van der Waals surface area contributed by atoms with Gasteiger partial charge in [0.15, 0.2) is 6.10 Å². The molecule has 0 saturated heterocycles. The molecule has 0 fully saturated rings. The Balaban J connectivity index is 2.94. The number of benzene rings is 1. The Bertz CT molecular complexity index is 463. The van der Waals surface area contributed by atoms with Crippen LogP contribution in [-0.4, -0.2) is 24.7 Å². The third-order valence-corrected chi connectivity index (χ3v) is 3.17. The zero-order valence-electron chi connectivity index (χ0n) is 12.9. The van der Waals surface area contributed by atoms with Gasteiger partial charge in [-0.1, -0.05) is 24.9 Å². The lowest BCUT2D eigenvalue weighted by molar-refractivity contribution is -0.151. The SMILES string of the molecule is CCCC(Oc1ccc(Cl)cc1CC(C)N)C(=O)OCC. The predicted octanol–water partition coefficient (Wildman–Crippen LogP) is 3.34. The molecular weight excluding hydrogens is 290 g/mol. The summed E-state index contributed by atoms with van der Waals surface area (Å²) >= 11 is 6.02. The van der Waals surface area contributed by atoms with E-state index in [2.05, 4.69) is 0 Å². The van der Waals surface area contributed by atoms with Crippen LogP contribution < -0.4 is 10.5 Å². The van der Waals surface area contributed by atoms with E-state index < -0.39 is 6.10 Å². The van der Waals surface area contributed by atoms with E-state index in [1.807, 2.05) is 19.9 Å². The fourth-order valence-electron chi connectivity index (χ4n) is 2.04. The molecule has 0 bridgehead atoms. The molecule has 5 heteroatoms. The molecule has 0 spiro atoms. The van der Waals surface area contributed by atoms with Gasteiger partial charge in [0.1, 0.15) is 5.75 Å². The van der Waals surface area contributed by atoms with Crippen molar-refractivity contribution in [1.29, 1.82) is 0 Å². The molecule has 2 atom stereocenters.